The number of anilines is 1. The van der Waals surface area contributed by atoms with Crippen molar-refractivity contribution in [3.05, 3.63) is 65.6 Å². The van der Waals surface area contributed by atoms with Gasteiger partial charge in [-0.25, -0.2) is 14.4 Å². The number of nitrogens with zero attached hydrogens (tertiary/aromatic N) is 7. The van der Waals surface area contributed by atoms with Crippen molar-refractivity contribution in [3.8, 4) is 17.2 Å². The normalized spacial score (nSPS) is 19.2. The van der Waals surface area contributed by atoms with E-state index in [2.05, 4.69) is 30.0 Å². The lowest BCUT2D eigenvalue weighted by atomic mass is 9.88. The first kappa shape index (κ1) is 35.1. The standard InChI is InChI=1S/C38H49FN8O4/c1-4-47(26(2)3)37(49)29-20-27(39)6-7-32(29)51-34-21-40-25-42-36(34)46-18-10-28(11-19-46)50-33-9-14-41-31-12-17-44(22-30(31)33)15-5-16-45-23-38(24-45)13-8-35(48)43-38/h6-7,9,14,20-21,25-26,28H,4-5,8,10-13,15-19,22-24H2,1-3H3,(H,43,48). The minimum absolute atomic E-state index is 0.0415. The fraction of sp³-hybridized carbons (Fsp3) is 0.553. The number of piperidine rings is 1. The van der Waals surface area contributed by atoms with Crippen LogP contribution in [0.2, 0.25) is 0 Å². The van der Waals surface area contributed by atoms with E-state index in [1.165, 1.54) is 30.1 Å². The van der Waals surface area contributed by atoms with Crippen molar-refractivity contribution >= 4 is 17.6 Å². The molecule has 0 unspecified atom stereocenters. The number of halogens is 1. The Kier molecular flexibility index (Phi) is 10.4. The van der Waals surface area contributed by atoms with E-state index in [9.17, 15) is 14.0 Å². The molecule has 51 heavy (non-hydrogen) atoms. The maximum absolute atomic E-state index is 14.3. The summed E-state index contributed by atoms with van der Waals surface area (Å²) in [5.74, 6) is 1.62. The summed E-state index contributed by atoms with van der Waals surface area (Å²) < 4.78 is 27.3. The minimum atomic E-state index is -0.502. The first-order valence-corrected chi connectivity index (χ1v) is 18.4. The summed E-state index contributed by atoms with van der Waals surface area (Å²) in [4.78, 5) is 47.3. The number of nitrogens with one attached hydrogen (secondary N) is 1. The van der Waals surface area contributed by atoms with Crippen molar-refractivity contribution in [2.75, 3.05) is 57.3 Å². The van der Waals surface area contributed by atoms with Crippen LogP contribution in [0.15, 0.2) is 43.0 Å². The molecule has 1 aromatic carbocycles. The molecule has 4 aliphatic rings. The summed E-state index contributed by atoms with van der Waals surface area (Å²) >= 11 is 0. The third-order valence-electron chi connectivity index (χ3n) is 10.7. The lowest BCUT2D eigenvalue weighted by molar-refractivity contribution is -0.120. The molecule has 4 aliphatic heterocycles. The number of hydrogen-bond acceptors (Lipinski definition) is 10. The number of likely N-dealkylation sites (tertiary alicyclic amines) is 1. The Balaban J connectivity index is 0.943. The fourth-order valence-electron chi connectivity index (χ4n) is 8.02. The van der Waals surface area contributed by atoms with Crippen molar-refractivity contribution in [3.63, 3.8) is 0 Å². The molecule has 3 saturated heterocycles. The quantitative estimate of drug-likeness (QED) is 0.291. The molecular weight excluding hydrogens is 651 g/mol. The van der Waals surface area contributed by atoms with E-state index in [-0.39, 0.29) is 40.8 Å². The molecule has 0 bridgehead atoms. The van der Waals surface area contributed by atoms with Crippen molar-refractivity contribution in [1.82, 2.24) is 35.0 Å². The van der Waals surface area contributed by atoms with Gasteiger partial charge in [0.2, 0.25) is 5.91 Å². The Hall–Kier alpha value is -4.36. The summed E-state index contributed by atoms with van der Waals surface area (Å²) in [5, 5.41) is 3.18. The highest BCUT2D eigenvalue weighted by atomic mass is 19.1. The van der Waals surface area contributed by atoms with Gasteiger partial charge in [0.25, 0.3) is 5.91 Å². The maximum atomic E-state index is 14.3. The second-order valence-electron chi connectivity index (χ2n) is 14.6. The van der Waals surface area contributed by atoms with Gasteiger partial charge in [-0.1, -0.05) is 0 Å². The van der Waals surface area contributed by atoms with Gasteiger partial charge >= 0.3 is 0 Å². The predicted octanol–water partition coefficient (Wildman–Crippen LogP) is 4.43. The van der Waals surface area contributed by atoms with Gasteiger partial charge in [-0.15, -0.1) is 0 Å². The van der Waals surface area contributed by atoms with Gasteiger partial charge in [0.15, 0.2) is 11.6 Å². The van der Waals surface area contributed by atoms with E-state index in [4.69, 9.17) is 14.5 Å². The zero-order chi connectivity index (χ0) is 35.5. The van der Waals surface area contributed by atoms with E-state index in [0.29, 0.717) is 37.6 Å². The molecule has 1 N–H and O–H groups in total. The van der Waals surface area contributed by atoms with Crippen LogP contribution in [0.25, 0.3) is 0 Å². The molecular formula is C38H49FN8O4. The van der Waals surface area contributed by atoms with Crippen molar-refractivity contribution in [1.29, 1.82) is 0 Å². The number of aromatic nitrogens is 3. The highest BCUT2D eigenvalue weighted by Crippen LogP contribution is 2.36. The molecule has 0 aliphatic carbocycles. The minimum Gasteiger partial charge on any atom is -0.490 e. The molecule has 2 amide bonds. The third-order valence-corrected chi connectivity index (χ3v) is 10.7. The van der Waals surface area contributed by atoms with Gasteiger partial charge in [0.05, 0.1) is 17.3 Å². The number of rotatable bonds is 12. The Labute approximate surface area is 299 Å². The van der Waals surface area contributed by atoms with Gasteiger partial charge in [0.1, 0.15) is 29.7 Å². The molecule has 272 valence electrons. The van der Waals surface area contributed by atoms with E-state index in [1.807, 2.05) is 33.0 Å². The first-order chi connectivity index (χ1) is 24.7. The number of hydrogen-bond donors (Lipinski definition) is 1. The molecule has 6 heterocycles. The Morgan fingerprint density at radius 1 is 1.06 bits per heavy atom. The highest BCUT2D eigenvalue weighted by molar-refractivity contribution is 5.97. The average molecular weight is 701 g/mol. The molecule has 2 aromatic heterocycles. The monoisotopic (exact) mass is 700 g/mol. The molecule has 3 fully saturated rings. The van der Waals surface area contributed by atoms with Gasteiger partial charge in [-0.05, 0) is 71.0 Å². The van der Waals surface area contributed by atoms with Crippen LogP contribution in [-0.4, -0.2) is 112 Å². The van der Waals surface area contributed by atoms with E-state index < -0.39 is 5.82 Å². The van der Waals surface area contributed by atoms with Crippen LogP contribution < -0.4 is 19.7 Å². The summed E-state index contributed by atoms with van der Waals surface area (Å²) in [6.45, 7) is 13.5. The van der Waals surface area contributed by atoms with Crippen LogP contribution in [0.5, 0.6) is 17.2 Å². The Morgan fingerprint density at radius 3 is 2.61 bits per heavy atom. The highest BCUT2D eigenvalue weighted by Gasteiger charge is 2.47. The Morgan fingerprint density at radius 2 is 1.86 bits per heavy atom. The number of carbonyl (C=O) groups is 2. The molecule has 3 aromatic rings. The van der Waals surface area contributed by atoms with Crippen LogP contribution in [-0.2, 0) is 17.8 Å². The largest absolute Gasteiger partial charge is 0.490 e. The number of carbonyl (C=O) groups excluding carboxylic acids is 2. The van der Waals surface area contributed by atoms with Gasteiger partial charge in [-0.2, -0.15) is 0 Å². The molecule has 0 radical (unpaired) electrons. The number of amides is 2. The van der Waals surface area contributed by atoms with Crippen LogP contribution in [0.4, 0.5) is 10.2 Å². The zero-order valence-corrected chi connectivity index (χ0v) is 29.9. The van der Waals surface area contributed by atoms with Crippen LogP contribution >= 0.6 is 0 Å². The molecule has 12 nitrogen and oxygen atoms in total. The van der Waals surface area contributed by atoms with Crippen molar-refractivity contribution < 1.29 is 23.5 Å². The number of benzene rings is 1. The fourth-order valence-corrected chi connectivity index (χ4v) is 8.02. The second-order valence-corrected chi connectivity index (χ2v) is 14.6. The molecule has 1 spiro atoms. The van der Waals surface area contributed by atoms with Crippen LogP contribution in [0.3, 0.4) is 0 Å². The maximum Gasteiger partial charge on any atom is 0.257 e. The topological polar surface area (TPSA) is 116 Å². The Bertz CT molecular complexity index is 1730. The SMILES string of the molecule is CCN(C(=O)c1cc(F)ccc1Oc1cncnc1N1CCC(Oc2ccnc3c2CN(CCCN2CC4(CCC(=O)N4)C2)CC3)CC1)C(C)C. The lowest BCUT2D eigenvalue weighted by Crippen LogP contribution is -2.67. The summed E-state index contributed by atoms with van der Waals surface area (Å²) in [6, 6.07) is 5.96. The third kappa shape index (κ3) is 7.79. The van der Waals surface area contributed by atoms with Crippen molar-refractivity contribution in [2.24, 2.45) is 0 Å². The van der Waals surface area contributed by atoms with E-state index in [0.717, 1.165) is 82.8 Å². The van der Waals surface area contributed by atoms with Gasteiger partial charge in [0, 0.05) is 95.0 Å². The average Bonchev–Trinajstić information content (AvgIpc) is 3.51. The lowest BCUT2D eigenvalue weighted by Gasteiger charge is -2.48. The molecule has 0 saturated carbocycles. The second kappa shape index (κ2) is 15.1. The van der Waals surface area contributed by atoms with Crippen LogP contribution in [0, 0.1) is 5.82 Å². The van der Waals surface area contributed by atoms with Gasteiger partial charge in [-0.3, -0.25) is 24.4 Å². The summed E-state index contributed by atoms with van der Waals surface area (Å²) in [5.41, 5.74) is 2.52. The zero-order valence-electron chi connectivity index (χ0n) is 29.9. The number of fused-ring (bicyclic) bond motifs is 1. The van der Waals surface area contributed by atoms with Crippen LogP contribution in [0.1, 0.15) is 74.5 Å². The molecule has 7 rings (SSSR count). The number of ether oxygens (including phenoxy) is 2. The number of pyridine rings is 1. The molecule has 13 heteroatoms. The van der Waals surface area contributed by atoms with E-state index in [1.54, 1.807) is 11.1 Å². The molecule has 0 atom stereocenters. The summed E-state index contributed by atoms with van der Waals surface area (Å²) in [6.07, 6.45) is 10.2. The first-order valence-electron chi connectivity index (χ1n) is 18.4. The van der Waals surface area contributed by atoms with E-state index >= 15 is 0 Å². The predicted molar refractivity (Wildman–Crippen MR) is 191 cm³/mol. The van der Waals surface area contributed by atoms with Gasteiger partial charge < -0.3 is 24.6 Å². The summed E-state index contributed by atoms with van der Waals surface area (Å²) in [7, 11) is 0. The van der Waals surface area contributed by atoms with Crippen molar-refractivity contribution in [2.45, 2.75) is 83.5 Å². The smallest absolute Gasteiger partial charge is 0.257 e.